The van der Waals surface area contributed by atoms with Gasteiger partial charge in [0.25, 0.3) is 0 Å². The number of hydrogen-bond acceptors (Lipinski definition) is 5. The van der Waals surface area contributed by atoms with Crippen molar-refractivity contribution in [2.75, 3.05) is 45.5 Å². The number of phenolic OH excluding ortho intramolecular Hbond substituents is 1. The Bertz CT molecular complexity index is 440. The first-order chi connectivity index (χ1) is 8.56. The molecule has 18 heavy (non-hydrogen) atoms. The van der Waals surface area contributed by atoms with E-state index in [0.29, 0.717) is 17.8 Å². The monoisotopic (exact) mass is 249 g/mol. The van der Waals surface area contributed by atoms with Crippen molar-refractivity contribution in [3.63, 3.8) is 0 Å². The maximum absolute atomic E-state index is 12.1. The molecule has 1 aromatic rings. The highest BCUT2D eigenvalue weighted by Gasteiger charge is 2.19. The molecule has 2 rings (SSSR count). The lowest BCUT2D eigenvalue weighted by molar-refractivity contribution is 0.0874. The van der Waals surface area contributed by atoms with Crippen LogP contribution in [0.2, 0.25) is 0 Å². The Balaban J connectivity index is 1.99. The number of nitrogen functional groups attached to an aromatic ring is 1. The molecular weight excluding hydrogens is 230 g/mol. The summed E-state index contributed by atoms with van der Waals surface area (Å²) in [5.41, 5.74) is 6.35. The number of benzene rings is 1. The maximum Gasteiger partial charge on any atom is 0.180 e. The fourth-order valence-corrected chi connectivity index (χ4v) is 2.08. The number of piperazine rings is 1. The Morgan fingerprint density at radius 2 is 2.00 bits per heavy atom. The largest absolute Gasteiger partial charge is 0.507 e. The second-order valence-electron chi connectivity index (χ2n) is 4.78. The van der Waals surface area contributed by atoms with Crippen LogP contribution in [0.5, 0.6) is 5.75 Å². The second kappa shape index (κ2) is 5.37. The second-order valence-corrected chi connectivity index (χ2v) is 4.78. The van der Waals surface area contributed by atoms with Gasteiger partial charge in [-0.2, -0.15) is 0 Å². The number of nitrogens with two attached hydrogens (primary N) is 1. The van der Waals surface area contributed by atoms with E-state index in [1.165, 1.54) is 6.07 Å². The zero-order chi connectivity index (χ0) is 13.1. The Morgan fingerprint density at radius 3 is 2.61 bits per heavy atom. The molecular formula is C13H19N3O2. The minimum Gasteiger partial charge on any atom is -0.507 e. The molecule has 98 valence electrons. The Hall–Kier alpha value is -1.59. The molecule has 5 heteroatoms. The highest BCUT2D eigenvalue weighted by Crippen LogP contribution is 2.20. The Labute approximate surface area is 107 Å². The van der Waals surface area contributed by atoms with Gasteiger partial charge >= 0.3 is 0 Å². The molecule has 0 aromatic heterocycles. The van der Waals surface area contributed by atoms with Crippen molar-refractivity contribution in [2.24, 2.45) is 0 Å². The van der Waals surface area contributed by atoms with Gasteiger partial charge in [0.1, 0.15) is 5.75 Å². The third-order valence-corrected chi connectivity index (χ3v) is 3.29. The zero-order valence-electron chi connectivity index (χ0n) is 10.6. The summed E-state index contributed by atoms with van der Waals surface area (Å²) in [6, 6.07) is 4.64. The third-order valence-electron chi connectivity index (χ3n) is 3.29. The molecule has 1 heterocycles. The standard InChI is InChI=1S/C13H19N3O2/c1-15-4-6-16(7-5-15)9-13(18)11-3-2-10(14)8-12(11)17/h2-3,8,17H,4-7,9,14H2,1H3. The average molecular weight is 249 g/mol. The van der Waals surface area contributed by atoms with Crippen molar-refractivity contribution >= 4 is 11.5 Å². The number of hydrogen-bond donors (Lipinski definition) is 2. The summed E-state index contributed by atoms with van der Waals surface area (Å²) in [6.07, 6.45) is 0. The van der Waals surface area contributed by atoms with E-state index < -0.39 is 0 Å². The summed E-state index contributed by atoms with van der Waals surface area (Å²) in [5.74, 6) is -0.0915. The summed E-state index contributed by atoms with van der Waals surface area (Å²) in [4.78, 5) is 16.4. The quantitative estimate of drug-likeness (QED) is 0.599. The minimum atomic E-state index is -0.0583. The first kappa shape index (κ1) is 12.9. The Morgan fingerprint density at radius 1 is 1.33 bits per heavy atom. The highest BCUT2D eigenvalue weighted by atomic mass is 16.3. The number of Topliss-reactive ketones (excluding diaryl/α,β-unsaturated/α-hetero) is 1. The number of nitrogens with zero attached hydrogens (tertiary/aromatic N) is 2. The molecule has 0 aliphatic carbocycles. The van der Waals surface area contributed by atoms with Crippen LogP contribution < -0.4 is 5.73 Å². The first-order valence-electron chi connectivity index (χ1n) is 6.09. The van der Waals surface area contributed by atoms with Gasteiger partial charge in [-0.25, -0.2) is 0 Å². The smallest absolute Gasteiger partial charge is 0.180 e. The van der Waals surface area contributed by atoms with Gasteiger partial charge in [-0.15, -0.1) is 0 Å². The van der Waals surface area contributed by atoms with Crippen molar-refractivity contribution in [2.45, 2.75) is 0 Å². The minimum absolute atomic E-state index is 0.0332. The predicted octanol–water partition coefficient (Wildman–Crippen LogP) is 0.404. The molecule has 0 atom stereocenters. The van der Waals surface area contributed by atoms with E-state index in [9.17, 15) is 9.90 Å². The number of carbonyl (C=O) groups is 1. The van der Waals surface area contributed by atoms with Crippen LogP contribution in [0, 0.1) is 0 Å². The van der Waals surface area contributed by atoms with E-state index in [-0.39, 0.29) is 11.5 Å². The SMILES string of the molecule is CN1CCN(CC(=O)c2ccc(N)cc2O)CC1. The number of likely N-dealkylation sites (N-methyl/N-ethyl adjacent to an activating group) is 1. The highest BCUT2D eigenvalue weighted by molar-refractivity contribution is 6.00. The molecule has 1 aliphatic heterocycles. The van der Waals surface area contributed by atoms with Gasteiger partial charge in [0.15, 0.2) is 5.78 Å². The molecule has 1 aliphatic rings. The molecule has 5 nitrogen and oxygen atoms in total. The predicted molar refractivity (Wildman–Crippen MR) is 70.8 cm³/mol. The van der Waals surface area contributed by atoms with Crippen LogP contribution >= 0.6 is 0 Å². The molecule has 0 amide bonds. The van der Waals surface area contributed by atoms with Crippen LogP contribution in [0.4, 0.5) is 5.69 Å². The topological polar surface area (TPSA) is 69.8 Å². The van der Waals surface area contributed by atoms with Gasteiger partial charge in [-0.05, 0) is 19.2 Å². The molecule has 1 fully saturated rings. The number of carbonyl (C=O) groups excluding carboxylic acids is 1. The number of phenols is 1. The van der Waals surface area contributed by atoms with Gasteiger partial charge < -0.3 is 15.7 Å². The lowest BCUT2D eigenvalue weighted by Crippen LogP contribution is -2.46. The molecule has 0 bridgehead atoms. The van der Waals surface area contributed by atoms with Crippen LogP contribution in [0.15, 0.2) is 18.2 Å². The lowest BCUT2D eigenvalue weighted by atomic mass is 10.1. The maximum atomic E-state index is 12.1. The van der Waals surface area contributed by atoms with Crippen molar-refractivity contribution in [1.82, 2.24) is 9.80 Å². The third kappa shape index (κ3) is 3.00. The van der Waals surface area contributed by atoms with Gasteiger partial charge in [-0.1, -0.05) is 0 Å². The number of anilines is 1. The van der Waals surface area contributed by atoms with Gasteiger partial charge in [0, 0.05) is 37.9 Å². The van der Waals surface area contributed by atoms with Crippen LogP contribution in [-0.4, -0.2) is 60.5 Å². The van der Waals surface area contributed by atoms with Crippen molar-refractivity contribution in [3.8, 4) is 5.75 Å². The van der Waals surface area contributed by atoms with E-state index >= 15 is 0 Å². The van der Waals surface area contributed by atoms with Crippen molar-refractivity contribution < 1.29 is 9.90 Å². The summed E-state index contributed by atoms with van der Waals surface area (Å²) >= 11 is 0. The van der Waals surface area contributed by atoms with Gasteiger partial charge in [0.05, 0.1) is 12.1 Å². The molecule has 0 spiro atoms. The molecule has 3 N–H and O–H groups in total. The van der Waals surface area contributed by atoms with Gasteiger partial charge in [0.2, 0.25) is 0 Å². The first-order valence-corrected chi connectivity index (χ1v) is 6.09. The molecule has 0 unspecified atom stereocenters. The fourth-order valence-electron chi connectivity index (χ4n) is 2.08. The Kier molecular flexibility index (Phi) is 3.84. The summed E-state index contributed by atoms with van der Waals surface area (Å²) in [6.45, 7) is 4.07. The van der Waals surface area contributed by atoms with Gasteiger partial charge in [-0.3, -0.25) is 9.69 Å². The number of aromatic hydroxyl groups is 1. The van der Waals surface area contributed by atoms with E-state index in [1.54, 1.807) is 12.1 Å². The number of ketones is 1. The average Bonchev–Trinajstić information content (AvgIpc) is 2.32. The molecule has 1 saturated heterocycles. The van der Waals surface area contributed by atoms with E-state index in [4.69, 9.17) is 5.73 Å². The molecule has 1 aromatic carbocycles. The van der Waals surface area contributed by atoms with Crippen molar-refractivity contribution in [3.05, 3.63) is 23.8 Å². The van der Waals surface area contributed by atoms with E-state index in [1.807, 2.05) is 0 Å². The van der Waals surface area contributed by atoms with Crippen LogP contribution in [0.3, 0.4) is 0 Å². The fraction of sp³-hybridized carbons (Fsp3) is 0.462. The van der Waals surface area contributed by atoms with Crippen molar-refractivity contribution in [1.29, 1.82) is 0 Å². The van der Waals surface area contributed by atoms with E-state index in [2.05, 4.69) is 16.8 Å². The van der Waals surface area contributed by atoms with Crippen LogP contribution in [-0.2, 0) is 0 Å². The van der Waals surface area contributed by atoms with Crippen LogP contribution in [0.25, 0.3) is 0 Å². The molecule has 0 radical (unpaired) electrons. The van der Waals surface area contributed by atoms with Crippen LogP contribution in [0.1, 0.15) is 10.4 Å². The zero-order valence-corrected chi connectivity index (χ0v) is 10.6. The molecule has 0 saturated carbocycles. The normalized spacial score (nSPS) is 17.8. The summed E-state index contributed by atoms with van der Waals surface area (Å²) < 4.78 is 0. The summed E-state index contributed by atoms with van der Waals surface area (Å²) in [5, 5.41) is 9.71. The summed E-state index contributed by atoms with van der Waals surface area (Å²) in [7, 11) is 2.07. The lowest BCUT2D eigenvalue weighted by Gasteiger charge is -2.31. The van der Waals surface area contributed by atoms with E-state index in [0.717, 1.165) is 26.2 Å². The number of rotatable bonds is 3.